The van der Waals surface area contributed by atoms with Gasteiger partial charge in [-0.15, -0.1) is 0 Å². The van der Waals surface area contributed by atoms with Crippen LogP contribution in [0, 0.1) is 29.6 Å². The average Bonchev–Trinajstić information content (AvgIpc) is 2.89. The molecule has 1 aromatic rings. The van der Waals surface area contributed by atoms with Crippen LogP contribution in [0.5, 0.6) is 0 Å². The van der Waals surface area contributed by atoms with Crippen molar-refractivity contribution in [1.29, 1.82) is 0 Å². The van der Waals surface area contributed by atoms with Crippen LogP contribution >= 0.6 is 0 Å². The second-order valence-corrected chi connectivity index (χ2v) is 11.3. The molecule has 1 aromatic heterocycles. The molecule has 3 rings (SSSR count). The number of carbonyl (C=O) groups excluding carboxylic acids is 1. The number of aromatic nitrogens is 1. The zero-order valence-electron chi connectivity index (χ0n) is 23.5. The number of fused-ring (bicyclic) bond motifs is 1. The third-order valence-corrected chi connectivity index (χ3v) is 8.46. The highest BCUT2D eigenvalue weighted by Gasteiger charge is 2.40. The van der Waals surface area contributed by atoms with Crippen LogP contribution in [0.15, 0.2) is 48.3 Å². The second-order valence-electron chi connectivity index (χ2n) is 11.3. The molecule has 0 saturated carbocycles. The topological polar surface area (TPSA) is 121 Å². The number of nitrogens with zero attached hydrogens (tertiary/aromatic N) is 1. The Balaban J connectivity index is 1.88. The summed E-state index contributed by atoms with van der Waals surface area (Å²) in [4.78, 5) is 17.0. The van der Waals surface area contributed by atoms with Gasteiger partial charge in [0.25, 0.3) is 0 Å². The molecule has 0 amide bonds. The number of allylic oxidation sites excluding steroid dienone is 2. The quantitative estimate of drug-likeness (QED) is 0.284. The van der Waals surface area contributed by atoms with E-state index in [1.54, 1.807) is 26.2 Å². The van der Waals surface area contributed by atoms with Crippen molar-refractivity contribution in [1.82, 2.24) is 10.3 Å². The summed E-state index contributed by atoms with van der Waals surface area (Å²) in [6, 6.07) is 3.53. The van der Waals surface area contributed by atoms with Crippen molar-refractivity contribution < 1.29 is 29.6 Å². The maximum absolute atomic E-state index is 12.9. The van der Waals surface area contributed by atoms with E-state index in [9.17, 15) is 20.1 Å². The van der Waals surface area contributed by atoms with E-state index in [1.807, 2.05) is 26.0 Å². The molecule has 0 aromatic carbocycles. The SMILES string of the molecule is CO[C@H]1CC2C=C[C@@H](C(O)C(NCc3ccncc3)C(C)C(C)O)CC2/C(C)=C/C(C)[C@@H](C(C)O)OC1=O. The highest BCUT2D eigenvalue weighted by atomic mass is 16.6. The van der Waals surface area contributed by atoms with Gasteiger partial charge in [-0.2, -0.15) is 0 Å². The first kappa shape index (κ1) is 30.4. The summed E-state index contributed by atoms with van der Waals surface area (Å²) in [6.45, 7) is 9.92. The predicted octanol–water partition coefficient (Wildman–Crippen LogP) is 3.02. The maximum Gasteiger partial charge on any atom is 0.335 e. The van der Waals surface area contributed by atoms with E-state index in [-0.39, 0.29) is 35.6 Å². The summed E-state index contributed by atoms with van der Waals surface area (Å²) in [5.41, 5.74) is 2.20. The van der Waals surface area contributed by atoms with Gasteiger partial charge >= 0.3 is 5.97 Å². The molecule has 212 valence electrons. The molecule has 2 heterocycles. The summed E-state index contributed by atoms with van der Waals surface area (Å²) in [5, 5.41) is 35.9. The van der Waals surface area contributed by atoms with Gasteiger partial charge in [0, 0.05) is 43.9 Å². The van der Waals surface area contributed by atoms with E-state index in [0.29, 0.717) is 19.4 Å². The molecule has 1 aliphatic heterocycles. The number of methoxy groups -OCH3 is 1. The van der Waals surface area contributed by atoms with Crippen molar-refractivity contribution in [2.45, 2.75) is 90.6 Å². The van der Waals surface area contributed by atoms with Crippen molar-refractivity contribution in [2.24, 2.45) is 29.6 Å². The Hall–Kier alpha value is -2.10. The van der Waals surface area contributed by atoms with Gasteiger partial charge in [-0.1, -0.05) is 37.6 Å². The lowest BCUT2D eigenvalue weighted by Gasteiger charge is -2.41. The lowest BCUT2D eigenvalue weighted by Crippen LogP contribution is -2.51. The molecule has 0 fully saturated rings. The molecule has 8 nitrogen and oxygen atoms in total. The fourth-order valence-corrected chi connectivity index (χ4v) is 5.93. The third kappa shape index (κ3) is 7.51. The maximum atomic E-state index is 12.9. The first-order chi connectivity index (χ1) is 18.0. The Morgan fingerprint density at radius 2 is 1.82 bits per heavy atom. The largest absolute Gasteiger partial charge is 0.457 e. The Morgan fingerprint density at radius 1 is 1.13 bits per heavy atom. The fraction of sp³-hybridized carbons (Fsp3) is 0.667. The van der Waals surface area contributed by atoms with Gasteiger partial charge in [-0.25, -0.2) is 4.79 Å². The lowest BCUT2D eigenvalue weighted by atomic mass is 9.69. The summed E-state index contributed by atoms with van der Waals surface area (Å²) in [6.07, 6.45) is 7.34. The highest BCUT2D eigenvalue weighted by molar-refractivity contribution is 5.75. The van der Waals surface area contributed by atoms with E-state index in [0.717, 1.165) is 11.1 Å². The van der Waals surface area contributed by atoms with Crippen LogP contribution in [0.1, 0.15) is 53.0 Å². The summed E-state index contributed by atoms with van der Waals surface area (Å²) in [7, 11) is 1.51. The summed E-state index contributed by atoms with van der Waals surface area (Å²) >= 11 is 0. The number of nitrogens with one attached hydrogen (secondary N) is 1. The van der Waals surface area contributed by atoms with Gasteiger partial charge in [0.1, 0.15) is 6.10 Å². The Bertz CT molecular complexity index is 949. The van der Waals surface area contributed by atoms with E-state index >= 15 is 0 Å². The summed E-state index contributed by atoms with van der Waals surface area (Å²) in [5.74, 6) is -0.844. The molecule has 8 unspecified atom stereocenters. The minimum absolute atomic E-state index is 0.0416. The molecular formula is C30H46N2O6. The Morgan fingerprint density at radius 3 is 2.42 bits per heavy atom. The second kappa shape index (κ2) is 13.8. The zero-order chi connectivity index (χ0) is 28.0. The van der Waals surface area contributed by atoms with Gasteiger partial charge in [0.15, 0.2) is 6.10 Å². The summed E-state index contributed by atoms with van der Waals surface area (Å²) < 4.78 is 11.2. The molecule has 0 saturated heterocycles. The molecular weight excluding hydrogens is 484 g/mol. The van der Waals surface area contributed by atoms with Crippen molar-refractivity contribution in [2.75, 3.05) is 7.11 Å². The van der Waals surface area contributed by atoms with Crippen LogP contribution in [-0.4, -0.2) is 69.9 Å². The Kier molecular flexibility index (Phi) is 11.1. The van der Waals surface area contributed by atoms with E-state index in [4.69, 9.17) is 9.47 Å². The first-order valence-electron chi connectivity index (χ1n) is 13.8. The average molecular weight is 531 g/mol. The minimum Gasteiger partial charge on any atom is -0.457 e. The normalized spacial score (nSPS) is 33.6. The minimum atomic E-state index is -0.819. The number of esters is 1. The van der Waals surface area contributed by atoms with Gasteiger partial charge in [0.05, 0.1) is 18.3 Å². The highest BCUT2D eigenvalue weighted by Crippen LogP contribution is 2.40. The number of rotatable bonds is 9. The van der Waals surface area contributed by atoms with Gasteiger partial charge in [-0.05, 0) is 69.1 Å². The molecule has 8 heteroatoms. The monoisotopic (exact) mass is 530 g/mol. The van der Waals surface area contributed by atoms with E-state index < -0.39 is 36.5 Å². The number of aliphatic hydroxyl groups is 3. The number of cyclic esters (lactones) is 1. The van der Waals surface area contributed by atoms with E-state index in [2.05, 4.69) is 35.5 Å². The van der Waals surface area contributed by atoms with Crippen LogP contribution in [-0.2, 0) is 20.8 Å². The Labute approximate surface area is 227 Å². The number of aliphatic hydroxyl groups excluding tert-OH is 3. The van der Waals surface area contributed by atoms with Crippen LogP contribution in [0.2, 0.25) is 0 Å². The van der Waals surface area contributed by atoms with Crippen molar-refractivity contribution >= 4 is 5.97 Å². The molecule has 38 heavy (non-hydrogen) atoms. The number of carbonyl (C=O) groups is 1. The predicted molar refractivity (Wildman–Crippen MR) is 146 cm³/mol. The first-order valence-corrected chi connectivity index (χ1v) is 13.8. The standard InChI is InChI=1S/C30H46N2O6/c1-17-13-18(2)29(21(5)34)38-30(36)26(37-6)15-23-7-8-24(14-25(17)23)28(35)27(19(3)20(4)33)32-16-22-9-11-31-12-10-22/h7-13,18-21,23-29,32-35H,14-16H2,1-6H3/b17-13+/t18?,19?,20?,21?,23?,24-,25?,26+,27?,28?,29+/m1/s1. The molecule has 4 N–H and O–H groups in total. The zero-order valence-corrected chi connectivity index (χ0v) is 23.5. The van der Waals surface area contributed by atoms with Crippen LogP contribution < -0.4 is 5.32 Å². The lowest BCUT2D eigenvalue weighted by molar-refractivity contribution is -0.170. The fourth-order valence-electron chi connectivity index (χ4n) is 5.93. The molecule has 0 spiro atoms. The molecule has 0 radical (unpaired) electrons. The van der Waals surface area contributed by atoms with Crippen LogP contribution in [0.25, 0.3) is 0 Å². The molecule has 1 aliphatic carbocycles. The number of hydrogen-bond donors (Lipinski definition) is 4. The number of ether oxygens (including phenoxy) is 2. The van der Waals surface area contributed by atoms with Crippen molar-refractivity contribution in [3.05, 3.63) is 53.9 Å². The van der Waals surface area contributed by atoms with Gasteiger partial charge in [-0.3, -0.25) is 4.98 Å². The smallest absolute Gasteiger partial charge is 0.335 e. The van der Waals surface area contributed by atoms with Crippen LogP contribution in [0.3, 0.4) is 0 Å². The third-order valence-electron chi connectivity index (χ3n) is 8.46. The van der Waals surface area contributed by atoms with E-state index in [1.165, 1.54) is 7.11 Å². The number of pyridine rings is 1. The molecule has 11 atom stereocenters. The molecule has 0 bridgehead atoms. The van der Waals surface area contributed by atoms with Crippen molar-refractivity contribution in [3.8, 4) is 0 Å². The number of hydrogen-bond acceptors (Lipinski definition) is 8. The van der Waals surface area contributed by atoms with Crippen LogP contribution in [0.4, 0.5) is 0 Å². The van der Waals surface area contributed by atoms with Gasteiger partial charge < -0.3 is 30.1 Å². The molecule has 2 aliphatic rings. The van der Waals surface area contributed by atoms with Gasteiger partial charge in [0.2, 0.25) is 0 Å². The van der Waals surface area contributed by atoms with Crippen molar-refractivity contribution in [3.63, 3.8) is 0 Å².